The maximum absolute atomic E-state index is 5.13. The maximum Gasteiger partial charge on any atom is 0.119 e. The Labute approximate surface area is 100 Å². The fraction of sp³-hybridized carbons (Fsp3) is 0.500. The van der Waals surface area contributed by atoms with Gasteiger partial charge in [0.25, 0.3) is 0 Å². The van der Waals surface area contributed by atoms with Gasteiger partial charge in [-0.3, -0.25) is 0 Å². The zero-order valence-corrected chi connectivity index (χ0v) is 11.1. The minimum Gasteiger partial charge on any atom is -0.497 e. The molecule has 0 heterocycles. The van der Waals surface area contributed by atoms with E-state index in [1.807, 2.05) is 12.1 Å². The molecule has 2 nitrogen and oxygen atoms in total. The lowest BCUT2D eigenvalue weighted by Gasteiger charge is -2.22. The van der Waals surface area contributed by atoms with Crippen LogP contribution in [-0.2, 0) is 0 Å². The smallest absolute Gasteiger partial charge is 0.119 e. The van der Waals surface area contributed by atoms with Crippen molar-refractivity contribution >= 4 is 21.6 Å². The Morgan fingerprint density at radius 1 is 1.33 bits per heavy atom. The van der Waals surface area contributed by atoms with Gasteiger partial charge in [0.15, 0.2) is 0 Å². The molecule has 1 unspecified atom stereocenters. The molecule has 0 bridgehead atoms. The number of ether oxygens (including phenoxy) is 1. The van der Waals surface area contributed by atoms with E-state index in [4.69, 9.17) is 4.74 Å². The van der Waals surface area contributed by atoms with Crippen LogP contribution in [0.3, 0.4) is 0 Å². The Morgan fingerprint density at radius 3 is 2.40 bits per heavy atom. The maximum atomic E-state index is 5.13. The summed E-state index contributed by atoms with van der Waals surface area (Å²) in [5.74, 6) is 1.55. The molecule has 0 aliphatic carbocycles. The third-order valence-electron chi connectivity index (χ3n) is 2.36. The van der Waals surface area contributed by atoms with Crippen molar-refractivity contribution < 1.29 is 4.74 Å². The van der Waals surface area contributed by atoms with Gasteiger partial charge in [-0.2, -0.15) is 0 Å². The van der Waals surface area contributed by atoms with Gasteiger partial charge in [-0.05, 0) is 30.2 Å². The molecule has 15 heavy (non-hydrogen) atoms. The van der Waals surface area contributed by atoms with E-state index in [1.165, 1.54) is 5.69 Å². The SMILES string of the molecule is COc1ccc(N(C)CC(C)CBr)cc1. The summed E-state index contributed by atoms with van der Waals surface area (Å²) in [7, 11) is 3.80. The van der Waals surface area contributed by atoms with Gasteiger partial charge >= 0.3 is 0 Å². The molecule has 0 saturated carbocycles. The Kier molecular flexibility index (Phi) is 4.95. The lowest BCUT2D eigenvalue weighted by atomic mass is 10.2. The van der Waals surface area contributed by atoms with Gasteiger partial charge in [-0.25, -0.2) is 0 Å². The highest BCUT2D eigenvalue weighted by Crippen LogP contribution is 2.19. The molecule has 0 aliphatic rings. The molecule has 3 heteroatoms. The number of nitrogens with zero attached hydrogens (tertiary/aromatic N) is 1. The normalized spacial score (nSPS) is 12.3. The van der Waals surface area contributed by atoms with Gasteiger partial charge in [0, 0.05) is 24.6 Å². The van der Waals surface area contributed by atoms with Gasteiger partial charge in [-0.15, -0.1) is 0 Å². The van der Waals surface area contributed by atoms with Crippen molar-refractivity contribution in [2.24, 2.45) is 5.92 Å². The van der Waals surface area contributed by atoms with Gasteiger partial charge in [0.05, 0.1) is 7.11 Å². The zero-order valence-electron chi connectivity index (χ0n) is 9.53. The Hall–Kier alpha value is -0.700. The van der Waals surface area contributed by atoms with E-state index in [0.29, 0.717) is 5.92 Å². The first-order valence-corrected chi connectivity index (χ1v) is 6.20. The van der Waals surface area contributed by atoms with Crippen molar-refractivity contribution in [1.29, 1.82) is 0 Å². The van der Waals surface area contributed by atoms with Crippen LogP contribution in [0.15, 0.2) is 24.3 Å². The second kappa shape index (κ2) is 6.01. The summed E-state index contributed by atoms with van der Waals surface area (Å²) < 4.78 is 5.13. The van der Waals surface area contributed by atoms with Crippen molar-refractivity contribution in [2.75, 3.05) is 30.9 Å². The molecule has 84 valence electrons. The molecule has 0 fully saturated rings. The van der Waals surface area contributed by atoms with Gasteiger partial charge in [0.2, 0.25) is 0 Å². The first-order valence-electron chi connectivity index (χ1n) is 5.08. The van der Waals surface area contributed by atoms with Crippen LogP contribution in [-0.4, -0.2) is 26.0 Å². The minimum absolute atomic E-state index is 0.650. The van der Waals surface area contributed by atoms with Crippen LogP contribution >= 0.6 is 15.9 Å². The van der Waals surface area contributed by atoms with E-state index in [2.05, 4.69) is 46.9 Å². The largest absolute Gasteiger partial charge is 0.497 e. The quantitative estimate of drug-likeness (QED) is 0.763. The summed E-state index contributed by atoms with van der Waals surface area (Å²) in [4.78, 5) is 2.26. The number of benzene rings is 1. The van der Waals surface area contributed by atoms with Gasteiger partial charge in [0.1, 0.15) is 5.75 Å². The van der Waals surface area contributed by atoms with Crippen LogP contribution in [0.25, 0.3) is 0 Å². The summed E-state index contributed by atoms with van der Waals surface area (Å²) >= 11 is 3.49. The molecule has 0 N–H and O–H groups in total. The van der Waals surface area contributed by atoms with Crippen LogP contribution in [0.5, 0.6) is 5.75 Å². The lowest BCUT2D eigenvalue weighted by molar-refractivity contribution is 0.415. The fourth-order valence-corrected chi connectivity index (χ4v) is 1.66. The standard InChI is InChI=1S/C12H18BrNO/c1-10(8-13)9-14(2)11-4-6-12(15-3)7-5-11/h4-7,10H,8-9H2,1-3H3. The molecule has 0 radical (unpaired) electrons. The highest BCUT2D eigenvalue weighted by molar-refractivity contribution is 9.09. The lowest BCUT2D eigenvalue weighted by Crippen LogP contribution is -2.24. The molecular formula is C12H18BrNO. The van der Waals surface area contributed by atoms with Crippen LogP contribution in [0, 0.1) is 5.92 Å². The molecule has 0 aromatic heterocycles. The first-order chi connectivity index (χ1) is 7.17. The fourth-order valence-electron chi connectivity index (χ4n) is 1.46. The number of alkyl halides is 1. The number of hydrogen-bond acceptors (Lipinski definition) is 2. The summed E-state index contributed by atoms with van der Waals surface area (Å²) in [5.41, 5.74) is 1.23. The molecule has 0 saturated heterocycles. The van der Waals surface area contributed by atoms with E-state index >= 15 is 0 Å². The van der Waals surface area contributed by atoms with Crippen molar-refractivity contribution in [3.8, 4) is 5.75 Å². The second-order valence-electron chi connectivity index (χ2n) is 3.84. The Morgan fingerprint density at radius 2 is 1.93 bits per heavy atom. The second-order valence-corrected chi connectivity index (χ2v) is 4.49. The third kappa shape index (κ3) is 3.74. The molecule has 1 aromatic carbocycles. The molecule has 1 rings (SSSR count). The monoisotopic (exact) mass is 271 g/mol. The summed E-state index contributed by atoms with van der Waals surface area (Å²) in [6.45, 7) is 3.28. The predicted molar refractivity (Wildman–Crippen MR) is 69.2 cm³/mol. The molecule has 1 atom stereocenters. The topological polar surface area (TPSA) is 12.5 Å². The number of halogens is 1. The van der Waals surface area contributed by atoms with Crippen LogP contribution in [0.1, 0.15) is 6.92 Å². The van der Waals surface area contributed by atoms with Crippen LogP contribution in [0.4, 0.5) is 5.69 Å². The number of methoxy groups -OCH3 is 1. The van der Waals surface area contributed by atoms with Crippen molar-refractivity contribution in [2.45, 2.75) is 6.92 Å². The van der Waals surface area contributed by atoms with Crippen LogP contribution in [0.2, 0.25) is 0 Å². The Balaban J connectivity index is 2.61. The van der Waals surface area contributed by atoms with Gasteiger partial charge in [-0.1, -0.05) is 22.9 Å². The number of hydrogen-bond donors (Lipinski definition) is 0. The van der Waals surface area contributed by atoms with E-state index in [1.54, 1.807) is 7.11 Å². The average molecular weight is 272 g/mol. The highest BCUT2D eigenvalue weighted by Gasteiger charge is 2.05. The van der Waals surface area contributed by atoms with E-state index in [9.17, 15) is 0 Å². The Bertz CT molecular complexity index is 286. The third-order valence-corrected chi connectivity index (χ3v) is 3.47. The molecule has 0 aliphatic heterocycles. The summed E-state index contributed by atoms with van der Waals surface area (Å²) in [6.07, 6.45) is 0. The molecule has 0 spiro atoms. The molecule has 1 aromatic rings. The van der Waals surface area contributed by atoms with E-state index in [0.717, 1.165) is 17.6 Å². The predicted octanol–water partition coefficient (Wildman–Crippen LogP) is 3.16. The van der Waals surface area contributed by atoms with Crippen molar-refractivity contribution in [1.82, 2.24) is 0 Å². The minimum atomic E-state index is 0.650. The van der Waals surface area contributed by atoms with E-state index in [-0.39, 0.29) is 0 Å². The number of anilines is 1. The van der Waals surface area contributed by atoms with E-state index < -0.39 is 0 Å². The molecule has 0 amide bonds. The highest BCUT2D eigenvalue weighted by atomic mass is 79.9. The van der Waals surface area contributed by atoms with Gasteiger partial charge < -0.3 is 9.64 Å². The van der Waals surface area contributed by atoms with Crippen molar-refractivity contribution in [3.63, 3.8) is 0 Å². The zero-order chi connectivity index (χ0) is 11.3. The van der Waals surface area contributed by atoms with Crippen molar-refractivity contribution in [3.05, 3.63) is 24.3 Å². The summed E-state index contributed by atoms with van der Waals surface area (Å²) in [5, 5.41) is 1.04. The first kappa shape index (κ1) is 12.4. The van der Waals surface area contributed by atoms with Crippen LogP contribution < -0.4 is 9.64 Å². The number of rotatable bonds is 5. The average Bonchev–Trinajstić information content (AvgIpc) is 2.29. The molecular weight excluding hydrogens is 254 g/mol. The summed E-state index contributed by atoms with van der Waals surface area (Å²) in [6, 6.07) is 8.15.